The molecule has 3 fully saturated rings. The second kappa shape index (κ2) is 37.9. The van der Waals surface area contributed by atoms with Crippen LogP contribution in [0.3, 0.4) is 0 Å². The fourth-order valence-corrected chi connectivity index (χ4v) is 11.8. The van der Waals surface area contributed by atoms with Crippen LogP contribution in [0.15, 0.2) is 59.7 Å². The number of piperazine rings is 1. The standard InChI is InChI=1S/C62H89F2N13O14S/c1-44-9-11-45(12-10-44)6-3-8-53(79)67-16-4-7-51(70-54(80)38-72-20-22-73(39-56(82)83)24-26-75(41-58(86)87)27-25-74(23-21-72)40-57(84)85)60(89)68-18-33-92-42-52(78)61(90)76-30-28-71(29-31-76)19-5-32-91-47-13-14-50-49(34-47)48(15-17-66-50)59(88)69-37-55(81)77-43-62(63,64)35-46(77)36-65-2/h9-15,17,34,36,46,51-52,78H,3-8,16,18-33,35,37-43H2,1-2H3,(H,67,79)(H,68,89)(H,69,88)(H,70,80)(H,82,83)(H,84,85)(H,86,87)/t46-,51+,52-/m1/s1. The lowest BCUT2D eigenvalue weighted by Crippen LogP contribution is -2.52. The number of aliphatic imine (C=N–C) groups is 1. The van der Waals surface area contributed by atoms with E-state index in [4.69, 9.17) is 4.74 Å². The van der Waals surface area contributed by atoms with Gasteiger partial charge in [-0.1, -0.05) is 29.8 Å². The number of amides is 6. The Hall–Kier alpha value is -7.48. The summed E-state index contributed by atoms with van der Waals surface area (Å²) >= 11 is 1.27. The average molecular weight is 1310 g/mol. The van der Waals surface area contributed by atoms with Gasteiger partial charge in [0.05, 0.1) is 63.0 Å². The van der Waals surface area contributed by atoms with Crippen LogP contribution in [0, 0.1) is 6.92 Å². The lowest BCUT2D eigenvalue weighted by molar-refractivity contribution is -0.141. The van der Waals surface area contributed by atoms with Crippen molar-refractivity contribution in [1.29, 1.82) is 0 Å². The van der Waals surface area contributed by atoms with Crippen LogP contribution in [0.2, 0.25) is 0 Å². The van der Waals surface area contributed by atoms with Crippen molar-refractivity contribution in [2.45, 2.75) is 76.0 Å². The van der Waals surface area contributed by atoms with Gasteiger partial charge in [0.15, 0.2) is 0 Å². The van der Waals surface area contributed by atoms with Crippen molar-refractivity contribution in [3.05, 3.63) is 71.4 Å². The second-order valence-electron chi connectivity index (χ2n) is 23.3. The monoisotopic (exact) mass is 1310 g/mol. The number of fused-ring (bicyclic) bond motifs is 1. The SMILES string of the molecule is CN=C[C@H]1CC(F)(F)CN1C(=O)CNC(=O)c1ccnc2ccc(OCCCN3CCN(C(=O)[C@H](O)CSCCNC(=O)[C@H](CCCNC(=O)CCCc4ccc(C)cc4)NC(=O)CN4CCN(CC(=O)O)CCN(CC(=O)O)CCN(CC(=O)O)CC4)CC3)cc12. The van der Waals surface area contributed by atoms with Gasteiger partial charge in [-0.05, 0) is 68.9 Å². The molecular weight excluding hydrogens is 1220 g/mol. The molecule has 0 aliphatic carbocycles. The van der Waals surface area contributed by atoms with Gasteiger partial charge in [-0.3, -0.25) is 77.6 Å². The molecule has 3 aromatic rings. The van der Waals surface area contributed by atoms with Gasteiger partial charge in [-0.15, -0.1) is 0 Å². The number of carboxylic acids is 3. The molecule has 27 nitrogen and oxygen atoms in total. The number of halogens is 2. The summed E-state index contributed by atoms with van der Waals surface area (Å²) in [5.41, 5.74) is 3.01. The van der Waals surface area contributed by atoms with E-state index in [1.165, 1.54) is 37.3 Å². The molecular formula is C62H89F2N13O14S. The molecule has 0 bridgehead atoms. The first kappa shape index (κ1) is 73.6. The lowest BCUT2D eigenvalue weighted by Gasteiger charge is -2.35. The molecule has 3 saturated heterocycles. The zero-order chi connectivity index (χ0) is 66.6. The van der Waals surface area contributed by atoms with E-state index in [0.717, 1.165) is 22.4 Å². The highest BCUT2D eigenvalue weighted by Gasteiger charge is 2.46. The Morgan fingerprint density at radius 2 is 1.35 bits per heavy atom. The minimum atomic E-state index is -3.06. The number of pyridine rings is 1. The third-order valence-electron chi connectivity index (χ3n) is 16.0. The van der Waals surface area contributed by atoms with Crippen LogP contribution in [-0.4, -0.2) is 306 Å². The topological polar surface area (TPSA) is 340 Å². The van der Waals surface area contributed by atoms with Gasteiger partial charge >= 0.3 is 17.9 Å². The minimum Gasteiger partial charge on any atom is -0.494 e. The number of alkyl halides is 2. The number of rotatable bonds is 33. The number of nitrogens with zero attached hydrogens (tertiary/aromatic N) is 9. The lowest BCUT2D eigenvalue weighted by atomic mass is 10.1. The molecule has 6 rings (SSSR count). The number of aromatic nitrogens is 1. The zero-order valence-corrected chi connectivity index (χ0v) is 53.3. The Bertz CT molecular complexity index is 2950. The number of aliphatic hydroxyl groups excluding tert-OH is 1. The van der Waals surface area contributed by atoms with E-state index < -0.39 is 91.1 Å². The Morgan fingerprint density at radius 3 is 1.96 bits per heavy atom. The first-order valence-electron chi connectivity index (χ1n) is 31.1. The number of aliphatic hydroxyl groups is 1. The number of aliphatic carboxylic acids is 3. The molecule has 4 heterocycles. The predicted molar refractivity (Wildman–Crippen MR) is 340 cm³/mol. The van der Waals surface area contributed by atoms with E-state index in [9.17, 15) is 72.4 Å². The van der Waals surface area contributed by atoms with Gasteiger partial charge in [0, 0.05) is 147 Å². The molecule has 8 N–H and O–H groups in total. The highest BCUT2D eigenvalue weighted by molar-refractivity contribution is 7.99. The third-order valence-corrected chi connectivity index (χ3v) is 17.0. The van der Waals surface area contributed by atoms with Crippen LogP contribution in [0.1, 0.15) is 60.0 Å². The fraction of sp³-hybridized carbons (Fsp3) is 0.597. The number of aryl methyl sites for hydroxylation is 2. The molecule has 0 radical (unpaired) electrons. The number of ether oxygens (including phenoxy) is 1. The number of hydrogen-bond donors (Lipinski definition) is 8. The van der Waals surface area contributed by atoms with Gasteiger partial charge in [-0.2, -0.15) is 11.8 Å². The summed E-state index contributed by atoms with van der Waals surface area (Å²) in [5.74, 6) is -8.24. The Balaban J connectivity index is 0.936. The zero-order valence-electron chi connectivity index (χ0n) is 52.5. The summed E-state index contributed by atoms with van der Waals surface area (Å²) in [4.78, 5) is 135. The van der Waals surface area contributed by atoms with Crippen molar-refractivity contribution in [3.63, 3.8) is 0 Å². The van der Waals surface area contributed by atoms with Crippen LogP contribution < -0.4 is 26.0 Å². The number of carbonyl (C=O) groups is 9. The predicted octanol–water partition coefficient (Wildman–Crippen LogP) is 0.213. The molecule has 92 heavy (non-hydrogen) atoms. The van der Waals surface area contributed by atoms with E-state index in [0.29, 0.717) is 87.4 Å². The van der Waals surface area contributed by atoms with Crippen molar-refractivity contribution in [2.75, 3.05) is 163 Å². The summed E-state index contributed by atoms with van der Waals surface area (Å²) in [6.07, 6.45) is 3.73. The van der Waals surface area contributed by atoms with Crippen LogP contribution in [0.4, 0.5) is 8.78 Å². The molecule has 506 valence electrons. The normalized spacial score (nSPS) is 18.1. The highest BCUT2D eigenvalue weighted by atomic mass is 32.2. The van der Waals surface area contributed by atoms with Crippen molar-refractivity contribution in [2.24, 2.45) is 4.99 Å². The highest BCUT2D eigenvalue weighted by Crippen LogP contribution is 2.31. The summed E-state index contributed by atoms with van der Waals surface area (Å²) in [6.45, 7) is 4.43. The van der Waals surface area contributed by atoms with Crippen molar-refractivity contribution in [3.8, 4) is 5.75 Å². The Morgan fingerprint density at radius 1 is 0.739 bits per heavy atom. The number of thioether (sulfide) groups is 1. The maximum atomic E-state index is 14.1. The molecule has 2 aromatic carbocycles. The minimum absolute atomic E-state index is 0.0656. The molecule has 3 atom stereocenters. The molecule has 30 heteroatoms. The van der Waals surface area contributed by atoms with E-state index in [2.05, 4.69) is 36.1 Å². The van der Waals surface area contributed by atoms with E-state index >= 15 is 0 Å². The maximum Gasteiger partial charge on any atom is 0.317 e. The van der Waals surface area contributed by atoms with E-state index in [1.54, 1.807) is 42.7 Å². The maximum absolute atomic E-state index is 14.1. The summed E-state index contributed by atoms with van der Waals surface area (Å²) in [5, 5.41) is 51.4. The molecule has 3 aliphatic heterocycles. The van der Waals surface area contributed by atoms with Gasteiger partial charge in [-0.25, -0.2) is 8.78 Å². The summed E-state index contributed by atoms with van der Waals surface area (Å²) < 4.78 is 34.3. The van der Waals surface area contributed by atoms with Crippen molar-refractivity contribution < 1.29 is 77.1 Å². The number of nitrogens with one attached hydrogen (secondary N) is 4. The third kappa shape index (κ3) is 25.9. The molecule has 6 amide bonds. The second-order valence-corrected chi connectivity index (χ2v) is 24.4. The smallest absolute Gasteiger partial charge is 0.317 e. The Kier molecular flexibility index (Phi) is 30.3. The Labute approximate surface area is 538 Å². The van der Waals surface area contributed by atoms with Gasteiger partial charge < -0.3 is 56.2 Å². The first-order chi connectivity index (χ1) is 44.0. The van der Waals surface area contributed by atoms with Crippen LogP contribution >= 0.6 is 11.8 Å². The molecule has 0 saturated carbocycles. The van der Waals surface area contributed by atoms with Crippen molar-refractivity contribution >= 4 is 82.2 Å². The summed E-state index contributed by atoms with van der Waals surface area (Å²) in [6, 6.07) is 12.8. The molecule has 3 aliphatic rings. The number of likely N-dealkylation sites (tertiary alicyclic amines) is 1. The number of carbonyl (C=O) groups excluding carboxylic acids is 6. The summed E-state index contributed by atoms with van der Waals surface area (Å²) in [7, 11) is 1.44. The van der Waals surface area contributed by atoms with Crippen LogP contribution in [0.5, 0.6) is 5.75 Å². The van der Waals surface area contributed by atoms with E-state index in [-0.39, 0.29) is 115 Å². The average Bonchev–Trinajstić information content (AvgIpc) is 1.15. The van der Waals surface area contributed by atoms with Crippen molar-refractivity contribution in [1.82, 2.24) is 60.6 Å². The quantitative estimate of drug-likeness (QED) is 0.0299. The number of carboxylic acid groups (broad SMARTS) is 3. The van der Waals surface area contributed by atoms with Crippen LogP contribution in [-0.2, 0) is 44.8 Å². The molecule has 0 spiro atoms. The largest absolute Gasteiger partial charge is 0.494 e. The first-order valence-corrected chi connectivity index (χ1v) is 32.3. The number of hydrogen-bond acceptors (Lipinski definition) is 19. The van der Waals surface area contributed by atoms with E-state index in [1.807, 2.05) is 31.2 Å². The van der Waals surface area contributed by atoms with Gasteiger partial charge in [0.2, 0.25) is 23.6 Å². The molecule has 1 aromatic heterocycles. The molecule has 0 unspecified atom stereocenters. The fourth-order valence-electron chi connectivity index (χ4n) is 11.0. The number of benzene rings is 2. The van der Waals surface area contributed by atoms with Gasteiger partial charge in [0.1, 0.15) is 17.9 Å². The van der Waals surface area contributed by atoms with Gasteiger partial charge in [0.25, 0.3) is 17.7 Å². The van der Waals surface area contributed by atoms with Crippen LogP contribution in [0.25, 0.3) is 10.9 Å².